The Morgan fingerprint density at radius 3 is 2.00 bits per heavy atom. The standard InChI is InChI=1S/C7H12.2W/c1-4-6-7(3)5-2;;/h6H,5H2,1-3H3;;/b7-6-;;. The number of hydrogen-bond acceptors (Lipinski definition) is 0. The Morgan fingerprint density at radius 1 is 1.44 bits per heavy atom. The van der Waals surface area contributed by atoms with Crippen LogP contribution in [0.3, 0.4) is 0 Å². The van der Waals surface area contributed by atoms with E-state index in [9.17, 15) is 0 Å². The number of rotatable bonds is 2. The summed E-state index contributed by atoms with van der Waals surface area (Å²) < 4.78 is 1.48. The third kappa shape index (κ3) is 8.99. The van der Waals surface area contributed by atoms with Crippen molar-refractivity contribution >= 4 is 3.90 Å². The van der Waals surface area contributed by atoms with Gasteiger partial charge >= 0.3 is 62.1 Å². The topological polar surface area (TPSA) is 0 Å². The summed E-state index contributed by atoms with van der Waals surface area (Å²) in [4.78, 5) is 0. The molecule has 0 aromatic carbocycles. The zero-order valence-corrected chi connectivity index (χ0v) is 12.0. The number of allylic oxidation sites excluding steroid dienone is 2. The fourth-order valence-electron chi connectivity index (χ4n) is 0.449. The Hall–Kier alpha value is 0.987. The Balaban J connectivity index is 0. The first-order chi connectivity index (χ1) is 3.66. The van der Waals surface area contributed by atoms with Gasteiger partial charge in [0.05, 0.1) is 0 Å². The molecule has 0 rings (SSSR count). The molecule has 0 amide bonds. The van der Waals surface area contributed by atoms with Gasteiger partial charge in [-0.2, -0.15) is 0 Å². The molecule has 0 unspecified atom stereocenters. The van der Waals surface area contributed by atoms with Gasteiger partial charge in [-0.1, -0.05) is 0 Å². The smallest absolute Gasteiger partial charge is 0 e. The normalized spacial score (nSPS) is 10.3. The van der Waals surface area contributed by atoms with E-state index in [4.69, 9.17) is 0 Å². The summed E-state index contributed by atoms with van der Waals surface area (Å²) in [6.07, 6.45) is 3.44. The summed E-state index contributed by atoms with van der Waals surface area (Å²) in [6.45, 7) is 6.52. The molecule has 0 aromatic heterocycles. The zero-order valence-electron chi connectivity index (χ0n) is 6.10. The summed E-state index contributed by atoms with van der Waals surface area (Å²) in [5.41, 5.74) is 1.48. The van der Waals surface area contributed by atoms with E-state index in [1.54, 1.807) is 19.4 Å². The fraction of sp³-hybridized carbons (Fsp3) is 0.571. The third-order valence-corrected chi connectivity index (χ3v) is 1.43. The maximum absolute atomic E-state index is 2.26. The first-order valence-electron chi connectivity index (χ1n) is 2.84. The van der Waals surface area contributed by atoms with E-state index in [0.717, 1.165) is 0 Å². The molecule has 52 valence electrons. The van der Waals surface area contributed by atoms with Crippen LogP contribution < -0.4 is 0 Å². The molecule has 0 aliphatic rings. The summed E-state index contributed by atoms with van der Waals surface area (Å²) >= 11 is 1.58. The molecule has 0 nitrogen and oxygen atoms in total. The zero-order chi connectivity index (χ0) is 6.57. The largest absolute Gasteiger partial charge is 0 e. The molecular weight excluding hydrogens is 452 g/mol. The average molecular weight is 464 g/mol. The molecule has 0 aromatic rings. The Kier molecular flexibility index (Phi) is 9.97. The van der Waals surface area contributed by atoms with E-state index in [-0.39, 0.29) is 21.1 Å². The molecule has 0 aliphatic heterocycles. The second kappa shape index (κ2) is 7.10. The van der Waals surface area contributed by atoms with E-state index in [1.807, 2.05) is 0 Å². The van der Waals surface area contributed by atoms with Gasteiger partial charge in [-0.3, -0.25) is 0 Å². The van der Waals surface area contributed by atoms with Crippen molar-refractivity contribution in [1.82, 2.24) is 0 Å². The van der Waals surface area contributed by atoms with Crippen molar-refractivity contribution in [2.45, 2.75) is 27.2 Å². The van der Waals surface area contributed by atoms with Crippen molar-refractivity contribution in [1.29, 1.82) is 0 Å². The minimum absolute atomic E-state index is 0. The molecule has 0 fully saturated rings. The minimum atomic E-state index is 0. The van der Waals surface area contributed by atoms with Crippen LogP contribution >= 0.6 is 0 Å². The molecule has 0 spiro atoms. The number of hydrogen-bond donors (Lipinski definition) is 0. The maximum Gasteiger partial charge on any atom is 0 e. The summed E-state index contributed by atoms with van der Waals surface area (Å²) in [5, 5.41) is 0. The van der Waals surface area contributed by atoms with Gasteiger partial charge in [0.1, 0.15) is 0 Å². The molecule has 2 heteroatoms. The van der Waals surface area contributed by atoms with Gasteiger partial charge in [0.2, 0.25) is 0 Å². The van der Waals surface area contributed by atoms with Crippen molar-refractivity contribution < 1.29 is 40.4 Å². The van der Waals surface area contributed by atoms with Crippen molar-refractivity contribution in [3.8, 4) is 0 Å². The second-order valence-corrected chi connectivity index (χ2v) is 4.27. The summed E-state index contributed by atoms with van der Waals surface area (Å²) in [5.74, 6) is 0. The van der Waals surface area contributed by atoms with Gasteiger partial charge in [0, 0.05) is 21.1 Å². The molecule has 0 N–H and O–H groups in total. The Morgan fingerprint density at radius 2 is 1.89 bits per heavy atom. The molecule has 0 saturated heterocycles. The van der Waals surface area contributed by atoms with Crippen LogP contribution in [0.15, 0.2) is 11.6 Å². The van der Waals surface area contributed by atoms with Crippen LogP contribution in [0.1, 0.15) is 27.2 Å². The van der Waals surface area contributed by atoms with Crippen molar-refractivity contribution in [2.75, 3.05) is 0 Å². The first kappa shape index (κ1) is 12.6. The van der Waals surface area contributed by atoms with Gasteiger partial charge < -0.3 is 0 Å². The van der Waals surface area contributed by atoms with Gasteiger partial charge in [0.15, 0.2) is 0 Å². The fourth-order valence-corrected chi connectivity index (χ4v) is 1.17. The molecule has 0 radical (unpaired) electrons. The van der Waals surface area contributed by atoms with Crippen LogP contribution in [-0.2, 0) is 40.4 Å². The van der Waals surface area contributed by atoms with Crippen LogP contribution in [-0.4, -0.2) is 3.90 Å². The molecule has 0 atom stereocenters. The molecule has 0 bridgehead atoms. The summed E-state index contributed by atoms with van der Waals surface area (Å²) in [7, 11) is 0. The molecule has 9 heavy (non-hydrogen) atoms. The summed E-state index contributed by atoms with van der Waals surface area (Å²) in [6, 6.07) is 0. The van der Waals surface area contributed by atoms with E-state index >= 15 is 0 Å². The maximum atomic E-state index is 2.26. The SMILES string of the molecule is CC/C(C)=C\[C](C)=[W].[W]. The third-order valence-electron chi connectivity index (χ3n) is 1.01. The van der Waals surface area contributed by atoms with Gasteiger partial charge in [-0.25, -0.2) is 0 Å². The minimum Gasteiger partial charge on any atom is 0 e. The second-order valence-electron chi connectivity index (χ2n) is 1.95. The van der Waals surface area contributed by atoms with E-state index in [0.29, 0.717) is 0 Å². The van der Waals surface area contributed by atoms with Crippen LogP contribution in [0.2, 0.25) is 0 Å². The first-order valence-corrected chi connectivity index (χ1v) is 4.31. The van der Waals surface area contributed by atoms with Crippen molar-refractivity contribution in [3.63, 3.8) is 0 Å². The van der Waals surface area contributed by atoms with Crippen LogP contribution in [0, 0.1) is 0 Å². The molecule has 0 saturated carbocycles. The van der Waals surface area contributed by atoms with Crippen LogP contribution in [0.25, 0.3) is 0 Å². The average Bonchev–Trinajstić information content (AvgIpc) is 1.65. The molecule has 0 heterocycles. The predicted octanol–water partition coefficient (Wildman–Crippen LogP) is 2.08. The van der Waals surface area contributed by atoms with Gasteiger partial charge in [-0.05, 0) is 0 Å². The van der Waals surface area contributed by atoms with Gasteiger partial charge in [-0.15, -0.1) is 0 Å². The Labute approximate surface area is 82.8 Å². The molecule has 0 aliphatic carbocycles. The Bertz CT molecular complexity index is 114. The quantitative estimate of drug-likeness (QED) is 0.588. The van der Waals surface area contributed by atoms with Crippen LogP contribution in [0.4, 0.5) is 0 Å². The van der Waals surface area contributed by atoms with Crippen LogP contribution in [0.5, 0.6) is 0 Å². The van der Waals surface area contributed by atoms with Crippen molar-refractivity contribution in [3.05, 3.63) is 11.6 Å². The monoisotopic (exact) mass is 464 g/mol. The van der Waals surface area contributed by atoms with E-state index < -0.39 is 0 Å². The van der Waals surface area contributed by atoms with E-state index in [1.165, 1.54) is 15.9 Å². The van der Waals surface area contributed by atoms with Gasteiger partial charge in [0.25, 0.3) is 0 Å². The van der Waals surface area contributed by atoms with Crippen molar-refractivity contribution in [2.24, 2.45) is 0 Å². The van der Waals surface area contributed by atoms with E-state index in [2.05, 4.69) is 26.8 Å². The predicted molar refractivity (Wildman–Crippen MR) is 34.7 cm³/mol. The molecular formula is C7H12W2.